The monoisotopic (exact) mass is 168 g/mol. The van der Waals surface area contributed by atoms with Gasteiger partial charge in [0.25, 0.3) is 0 Å². The van der Waals surface area contributed by atoms with Crippen LogP contribution in [0.5, 0.6) is 0 Å². The van der Waals surface area contributed by atoms with Crippen molar-refractivity contribution in [3.8, 4) is 0 Å². The van der Waals surface area contributed by atoms with Gasteiger partial charge in [-0.2, -0.15) is 13.2 Å². The summed E-state index contributed by atoms with van der Waals surface area (Å²) in [6.45, 7) is 0.728. The van der Waals surface area contributed by atoms with Crippen molar-refractivity contribution in [3.05, 3.63) is 0 Å². The highest BCUT2D eigenvalue weighted by molar-refractivity contribution is 4.84. The van der Waals surface area contributed by atoms with Gasteiger partial charge >= 0.3 is 6.18 Å². The number of halogens is 3. The normalized spacial score (nSPS) is 22.9. The van der Waals surface area contributed by atoms with Crippen LogP contribution in [0.25, 0.3) is 0 Å². The fourth-order valence-electron chi connectivity index (χ4n) is 1.14. The van der Waals surface area contributed by atoms with E-state index in [4.69, 9.17) is 5.73 Å². The Bertz CT molecular complexity index is 130. The third-order valence-corrected chi connectivity index (χ3v) is 1.93. The average Bonchev–Trinajstić information content (AvgIpc) is 1.74. The molecule has 0 aromatic rings. The maximum absolute atomic E-state index is 12.1. The molecule has 0 spiro atoms. The Labute approximate surface area is 63.2 Å². The molecule has 66 valence electrons. The fourth-order valence-corrected chi connectivity index (χ4v) is 1.14. The Morgan fingerprint density at radius 3 is 2.00 bits per heavy atom. The van der Waals surface area contributed by atoms with Crippen LogP contribution >= 0.6 is 0 Å². The van der Waals surface area contributed by atoms with Crippen molar-refractivity contribution in [1.82, 2.24) is 4.90 Å². The Kier molecular flexibility index (Phi) is 2.39. The van der Waals surface area contributed by atoms with Crippen LogP contribution in [0.15, 0.2) is 0 Å². The molecule has 1 aliphatic rings. The summed E-state index contributed by atoms with van der Waals surface area (Å²) in [7, 11) is 0. The fraction of sp³-hybridized carbons (Fsp3) is 1.00. The van der Waals surface area contributed by atoms with Gasteiger partial charge in [0.15, 0.2) is 0 Å². The molecule has 0 aromatic heterocycles. The van der Waals surface area contributed by atoms with Crippen molar-refractivity contribution in [2.45, 2.75) is 18.6 Å². The van der Waals surface area contributed by atoms with Crippen LogP contribution in [-0.2, 0) is 0 Å². The zero-order chi connectivity index (χ0) is 8.48. The second kappa shape index (κ2) is 2.98. The van der Waals surface area contributed by atoms with Gasteiger partial charge < -0.3 is 5.73 Å². The van der Waals surface area contributed by atoms with Crippen LogP contribution in [0, 0.1) is 0 Å². The van der Waals surface area contributed by atoms with Crippen LogP contribution in [0.4, 0.5) is 13.2 Å². The van der Waals surface area contributed by atoms with Gasteiger partial charge in [-0.3, -0.25) is 4.90 Å². The summed E-state index contributed by atoms with van der Waals surface area (Å²) in [6, 6.07) is -1.42. The second-order valence-corrected chi connectivity index (χ2v) is 2.68. The van der Waals surface area contributed by atoms with E-state index < -0.39 is 12.2 Å². The van der Waals surface area contributed by atoms with Gasteiger partial charge in [0.1, 0.15) is 6.04 Å². The molecule has 0 bridgehead atoms. The summed E-state index contributed by atoms with van der Waals surface area (Å²) >= 11 is 0. The van der Waals surface area contributed by atoms with Crippen molar-refractivity contribution >= 4 is 0 Å². The molecule has 0 amide bonds. The van der Waals surface area contributed by atoms with E-state index in [0.717, 1.165) is 6.42 Å². The molecule has 0 aliphatic carbocycles. The molecule has 2 nitrogen and oxygen atoms in total. The molecule has 0 aromatic carbocycles. The second-order valence-electron chi connectivity index (χ2n) is 2.68. The van der Waals surface area contributed by atoms with E-state index in [1.54, 1.807) is 0 Å². The molecule has 2 N–H and O–H groups in total. The first-order chi connectivity index (χ1) is 5.05. The number of likely N-dealkylation sites (tertiary alicyclic amines) is 1. The lowest BCUT2D eigenvalue weighted by atomic mass is 10.1. The molecule has 1 heterocycles. The quantitative estimate of drug-likeness (QED) is 0.653. The van der Waals surface area contributed by atoms with Gasteiger partial charge in [0.2, 0.25) is 0 Å². The molecular formula is C6H11F3N2. The summed E-state index contributed by atoms with van der Waals surface area (Å²) in [4.78, 5) is 1.36. The molecule has 1 atom stereocenters. The first-order valence-corrected chi connectivity index (χ1v) is 3.56. The number of alkyl halides is 3. The van der Waals surface area contributed by atoms with Crippen LogP contribution in [0.2, 0.25) is 0 Å². The van der Waals surface area contributed by atoms with Gasteiger partial charge in [-0.05, 0) is 6.42 Å². The highest BCUT2D eigenvalue weighted by Gasteiger charge is 2.44. The summed E-state index contributed by atoms with van der Waals surface area (Å²) in [5.41, 5.74) is 5.01. The van der Waals surface area contributed by atoms with E-state index in [0.29, 0.717) is 13.1 Å². The van der Waals surface area contributed by atoms with Crippen molar-refractivity contribution in [2.75, 3.05) is 19.6 Å². The smallest absolute Gasteiger partial charge is 0.329 e. The van der Waals surface area contributed by atoms with Crippen molar-refractivity contribution in [3.63, 3.8) is 0 Å². The van der Waals surface area contributed by atoms with Gasteiger partial charge in [0.05, 0.1) is 0 Å². The highest BCUT2D eigenvalue weighted by atomic mass is 19.4. The summed E-state index contributed by atoms with van der Waals surface area (Å²) in [5.74, 6) is 0. The predicted octanol–water partition coefficient (Wildman–Crippen LogP) is 0.582. The van der Waals surface area contributed by atoms with E-state index in [1.807, 2.05) is 0 Å². The zero-order valence-electron chi connectivity index (χ0n) is 6.06. The Hall–Kier alpha value is -0.290. The Morgan fingerprint density at radius 1 is 1.36 bits per heavy atom. The van der Waals surface area contributed by atoms with E-state index >= 15 is 0 Å². The minimum Gasteiger partial charge on any atom is -0.329 e. The first kappa shape index (κ1) is 8.80. The number of nitrogens with two attached hydrogens (primary N) is 1. The molecule has 0 radical (unpaired) electrons. The molecule has 1 saturated heterocycles. The van der Waals surface area contributed by atoms with Gasteiger partial charge in [0, 0.05) is 19.6 Å². The first-order valence-electron chi connectivity index (χ1n) is 3.56. The average molecular weight is 168 g/mol. The third kappa shape index (κ3) is 1.84. The predicted molar refractivity (Wildman–Crippen MR) is 35.1 cm³/mol. The maximum atomic E-state index is 12.1. The van der Waals surface area contributed by atoms with Gasteiger partial charge in [-0.15, -0.1) is 0 Å². The SMILES string of the molecule is NCC(N1CCC1)C(F)(F)F. The van der Waals surface area contributed by atoms with E-state index in [1.165, 1.54) is 4.90 Å². The molecule has 1 aliphatic heterocycles. The number of rotatable bonds is 2. The lowest BCUT2D eigenvalue weighted by Crippen LogP contribution is -2.55. The molecule has 0 saturated carbocycles. The lowest BCUT2D eigenvalue weighted by molar-refractivity contribution is -0.189. The van der Waals surface area contributed by atoms with E-state index in [2.05, 4.69) is 0 Å². The van der Waals surface area contributed by atoms with E-state index in [-0.39, 0.29) is 6.54 Å². The molecule has 5 heteroatoms. The lowest BCUT2D eigenvalue weighted by Gasteiger charge is -2.38. The van der Waals surface area contributed by atoms with Crippen molar-refractivity contribution in [1.29, 1.82) is 0 Å². The van der Waals surface area contributed by atoms with Crippen LogP contribution in [0.3, 0.4) is 0 Å². The number of nitrogens with zero attached hydrogens (tertiary/aromatic N) is 1. The Balaban J connectivity index is 2.48. The molecule has 1 fully saturated rings. The maximum Gasteiger partial charge on any atom is 0.405 e. The molecule has 1 rings (SSSR count). The third-order valence-electron chi connectivity index (χ3n) is 1.93. The van der Waals surface area contributed by atoms with Gasteiger partial charge in [-0.1, -0.05) is 0 Å². The van der Waals surface area contributed by atoms with Crippen LogP contribution < -0.4 is 5.73 Å². The number of hydrogen-bond donors (Lipinski definition) is 1. The topological polar surface area (TPSA) is 29.3 Å². The Morgan fingerprint density at radius 2 is 1.91 bits per heavy atom. The van der Waals surface area contributed by atoms with Crippen LogP contribution in [0.1, 0.15) is 6.42 Å². The minimum absolute atomic E-state index is 0.330. The standard InChI is InChI=1S/C6H11F3N2/c7-6(8,9)5(4-10)11-2-1-3-11/h5H,1-4,10H2. The zero-order valence-corrected chi connectivity index (χ0v) is 6.06. The largest absolute Gasteiger partial charge is 0.405 e. The molecular weight excluding hydrogens is 157 g/mol. The highest BCUT2D eigenvalue weighted by Crippen LogP contribution is 2.26. The molecule has 11 heavy (non-hydrogen) atoms. The summed E-state index contributed by atoms with van der Waals surface area (Å²) in [6.07, 6.45) is -3.30. The summed E-state index contributed by atoms with van der Waals surface area (Å²) < 4.78 is 36.2. The molecule has 1 unspecified atom stereocenters. The van der Waals surface area contributed by atoms with Gasteiger partial charge in [-0.25, -0.2) is 0 Å². The van der Waals surface area contributed by atoms with Crippen molar-refractivity contribution < 1.29 is 13.2 Å². The van der Waals surface area contributed by atoms with E-state index in [9.17, 15) is 13.2 Å². The number of hydrogen-bond acceptors (Lipinski definition) is 2. The minimum atomic E-state index is -4.16. The van der Waals surface area contributed by atoms with Crippen molar-refractivity contribution in [2.24, 2.45) is 5.73 Å². The summed E-state index contributed by atoms with van der Waals surface area (Å²) in [5, 5.41) is 0. The van der Waals surface area contributed by atoms with Crippen LogP contribution in [-0.4, -0.2) is 36.8 Å².